The summed E-state index contributed by atoms with van der Waals surface area (Å²) in [6.45, 7) is 3.33. The zero-order valence-corrected chi connectivity index (χ0v) is 21.4. The third kappa shape index (κ3) is 9.74. The van der Waals surface area contributed by atoms with Crippen LogP contribution in [-0.4, -0.2) is 43.2 Å². The van der Waals surface area contributed by atoms with Crippen LogP contribution in [0.1, 0.15) is 43.7 Å². The van der Waals surface area contributed by atoms with Gasteiger partial charge in [0.05, 0.1) is 18.3 Å². The monoisotopic (exact) mass is 512 g/mol. The molecule has 1 aromatic rings. The van der Waals surface area contributed by atoms with Gasteiger partial charge in [0.15, 0.2) is 0 Å². The van der Waals surface area contributed by atoms with Gasteiger partial charge in [-0.2, -0.15) is 13.2 Å². The Kier molecular flexibility index (Phi) is 11.5. The molecule has 1 aliphatic rings. The minimum Gasteiger partial charge on any atom is -0.366 e. The Morgan fingerprint density at radius 3 is 2.56 bits per heavy atom. The SMILES string of the molecule is CCCC/C(=C\COC1C=CC=C(CCN(C)C)C(Cl)=C1)NC(=S)c1ccc(C(F)(F)F)cc1. The Labute approximate surface area is 211 Å². The van der Waals surface area contributed by atoms with Crippen molar-refractivity contribution in [3.8, 4) is 0 Å². The first-order chi connectivity index (χ1) is 16.1. The summed E-state index contributed by atoms with van der Waals surface area (Å²) < 4.78 is 44.4. The second-order valence-corrected chi connectivity index (χ2v) is 9.12. The summed E-state index contributed by atoms with van der Waals surface area (Å²) in [5, 5.41) is 3.86. The summed E-state index contributed by atoms with van der Waals surface area (Å²) >= 11 is 11.9. The van der Waals surface area contributed by atoms with Crippen LogP contribution in [-0.2, 0) is 10.9 Å². The number of nitrogens with one attached hydrogen (secondary N) is 1. The number of ether oxygens (including phenoxy) is 1. The Morgan fingerprint density at radius 1 is 1.24 bits per heavy atom. The van der Waals surface area contributed by atoms with Gasteiger partial charge in [-0.15, -0.1) is 0 Å². The fourth-order valence-corrected chi connectivity index (χ4v) is 3.74. The molecule has 0 saturated carbocycles. The minimum atomic E-state index is -4.37. The first-order valence-corrected chi connectivity index (χ1v) is 12.1. The van der Waals surface area contributed by atoms with E-state index in [-0.39, 0.29) is 6.10 Å². The number of thiocarbonyl (C=S) groups is 1. The van der Waals surface area contributed by atoms with E-state index in [1.165, 1.54) is 12.1 Å². The number of hydrogen-bond donors (Lipinski definition) is 1. The minimum absolute atomic E-state index is 0.258. The van der Waals surface area contributed by atoms with E-state index in [1.807, 2.05) is 44.5 Å². The molecule has 3 nitrogen and oxygen atoms in total. The Bertz CT molecular complexity index is 934. The molecule has 1 N–H and O–H groups in total. The van der Waals surface area contributed by atoms with E-state index in [9.17, 15) is 13.2 Å². The van der Waals surface area contributed by atoms with Crippen LogP contribution < -0.4 is 5.32 Å². The molecule has 186 valence electrons. The van der Waals surface area contributed by atoms with E-state index in [4.69, 9.17) is 28.6 Å². The van der Waals surface area contributed by atoms with Crippen molar-refractivity contribution in [3.63, 3.8) is 0 Å². The quantitative estimate of drug-likeness (QED) is 0.323. The van der Waals surface area contributed by atoms with E-state index in [2.05, 4.69) is 17.1 Å². The Hall–Kier alpha value is -1.93. The molecule has 8 heteroatoms. The number of hydrogen-bond acceptors (Lipinski definition) is 3. The average molecular weight is 513 g/mol. The molecule has 0 aliphatic heterocycles. The summed E-state index contributed by atoms with van der Waals surface area (Å²) in [6, 6.07) is 4.85. The maximum Gasteiger partial charge on any atom is 0.416 e. The van der Waals surface area contributed by atoms with Crippen LogP contribution in [0, 0.1) is 0 Å². The molecule has 2 rings (SSSR count). The third-order valence-electron chi connectivity index (χ3n) is 5.21. The van der Waals surface area contributed by atoms with Crippen LogP contribution in [0.25, 0.3) is 0 Å². The van der Waals surface area contributed by atoms with Gasteiger partial charge in [-0.3, -0.25) is 0 Å². The van der Waals surface area contributed by atoms with Crippen LogP contribution in [0.4, 0.5) is 13.2 Å². The molecule has 0 aromatic heterocycles. The second-order valence-electron chi connectivity index (χ2n) is 8.30. The maximum absolute atomic E-state index is 12.8. The standard InChI is InChI=1S/C26H32ClF3N2OS/c1-4-5-8-22(31-25(34)20-10-12-21(13-11-20)26(28,29)30)15-17-33-23-9-6-7-19(24(27)18-23)14-16-32(2)3/h6-7,9-13,15,18,23H,4-5,8,14,16-17H2,1-3H3,(H,31,34)/b22-15+. The molecule has 0 fully saturated rings. The van der Waals surface area contributed by atoms with Crippen molar-refractivity contribution in [2.75, 3.05) is 27.2 Å². The van der Waals surface area contributed by atoms with E-state index < -0.39 is 11.7 Å². The number of allylic oxidation sites excluding steroid dienone is 4. The van der Waals surface area contributed by atoms with E-state index in [0.29, 0.717) is 22.2 Å². The molecule has 34 heavy (non-hydrogen) atoms. The third-order valence-corrected chi connectivity index (χ3v) is 5.92. The van der Waals surface area contributed by atoms with Crippen LogP contribution in [0.15, 0.2) is 70.9 Å². The first kappa shape index (κ1) is 28.3. The molecular weight excluding hydrogens is 481 g/mol. The zero-order chi connectivity index (χ0) is 25.1. The molecule has 0 saturated heterocycles. The van der Waals surface area contributed by atoms with Gasteiger partial charge in [0.2, 0.25) is 0 Å². The van der Waals surface area contributed by atoms with Gasteiger partial charge in [-0.25, -0.2) is 0 Å². The first-order valence-electron chi connectivity index (χ1n) is 11.3. The number of alkyl halides is 3. The van der Waals surface area contributed by atoms with Crippen molar-refractivity contribution in [1.29, 1.82) is 0 Å². The normalized spacial score (nSPS) is 16.8. The van der Waals surface area contributed by atoms with Crippen LogP contribution in [0.5, 0.6) is 0 Å². The molecule has 1 aliphatic carbocycles. The van der Waals surface area contributed by atoms with Crippen LogP contribution in [0.3, 0.4) is 0 Å². The molecule has 1 atom stereocenters. The lowest BCUT2D eigenvalue weighted by Crippen LogP contribution is -2.22. The van der Waals surface area contributed by atoms with Gasteiger partial charge in [-0.1, -0.05) is 67.5 Å². The molecule has 0 amide bonds. The summed E-state index contributed by atoms with van der Waals surface area (Å²) in [5.74, 6) is 0. The van der Waals surface area contributed by atoms with Crippen molar-refractivity contribution in [2.24, 2.45) is 0 Å². The van der Waals surface area contributed by atoms with Gasteiger partial charge < -0.3 is 15.0 Å². The number of rotatable bonds is 11. The van der Waals surface area contributed by atoms with E-state index >= 15 is 0 Å². The number of unbranched alkanes of at least 4 members (excludes halogenated alkanes) is 1. The van der Waals surface area contributed by atoms with E-state index in [0.717, 1.165) is 55.6 Å². The molecule has 0 radical (unpaired) electrons. The van der Waals surface area contributed by atoms with Crippen molar-refractivity contribution >= 4 is 28.8 Å². The number of nitrogens with zero attached hydrogens (tertiary/aromatic N) is 1. The van der Waals surface area contributed by atoms with Crippen molar-refractivity contribution < 1.29 is 17.9 Å². The molecule has 1 unspecified atom stereocenters. The lowest BCUT2D eigenvalue weighted by atomic mass is 10.1. The molecular formula is C26H32ClF3N2OS. The number of halogens is 4. The van der Waals surface area contributed by atoms with Crippen molar-refractivity contribution in [1.82, 2.24) is 10.2 Å². The Balaban J connectivity index is 1.99. The molecule has 1 aromatic carbocycles. The van der Waals surface area contributed by atoms with Gasteiger partial charge in [0.1, 0.15) is 4.99 Å². The predicted octanol–water partition coefficient (Wildman–Crippen LogP) is 7.00. The molecule has 0 spiro atoms. The van der Waals surface area contributed by atoms with Gasteiger partial charge in [0, 0.05) is 22.8 Å². The Morgan fingerprint density at radius 2 is 1.94 bits per heavy atom. The summed E-state index contributed by atoms with van der Waals surface area (Å²) in [6.07, 6.45) is 8.67. The molecule has 0 bridgehead atoms. The highest BCUT2D eigenvalue weighted by molar-refractivity contribution is 7.80. The zero-order valence-electron chi connectivity index (χ0n) is 19.8. The fourth-order valence-electron chi connectivity index (χ4n) is 3.19. The topological polar surface area (TPSA) is 24.5 Å². The lowest BCUT2D eigenvalue weighted by molar-refractivity contribution is -0.137. The highest BCUT2D eigenvalue weighted by atomic mass is 35.5. The maximum atomic E-state index is 12.8. The smallest absolute Gasteiger partial charge is 0.366 e. The largest absolute Gasteiger partial charge is 0.416 e. The summed E-state index contributed by atoms with van der Waals surface area (Å²) in [4.78, 5) is 2.49. The van der Waals surface area contributed by atoms with E-state index in [1.54, 1.807) is 0 Å². The van der Waals surface area contributed by atoms with Gasteiger partial charge in [0.25, 0.3) is 0 Å². The summed E-state index contributed by atoms with van der Waals surface area (Å²) in [5.41, 5.74) is 1.78. The van der Waals surface area contributed by atoms with Crippen molar-refractivity contribution in [3.05, 3.63) is 82.1 Å². The lowest BCUT2D eigenvalue weighted by Gasteiger charge is -2.15. The van der Waals surface area contributed by atoms with Gasteiger partial charge >= 0.3 is 6.18 Å². The highest BCUT2D eigenvalue weighted by Gasteiger charge is 2.30. The van der Waals surface area contributed by atoms with Crippen LogP contribution in [0.2, 0.25) is 0 Å². The second kappa shape index (κ2) is 13.8. The fraction of sp³-hybridized carbons (Fsp3) is 0.423. The molecule has 0 heterocycles. The number of benzene rings is 1. The highest BCUT2D eigenvalue weighted by Crippen LogP contribution is 2.29. The predicted molar refractivity (Wildman–Crippen MR) is 138 cm³/mol. The van der Waals surface area contributed by atoms with Gasteiger partial charge in [-0.05, 0) is 63.2 Å². The van der Waals surface area contributed by atoms with Crippen LogP contribution >= 0.6 is 23.8 Å². The van der Waals surface area contributed by atoms with Crippen molar-refractivity contribution in [2.45, 2.75) is 44.9 Å². The summed E-state index contributed by atoms with van der Waals surface area (Å²) in [7, 11) is 4.05. The average Bonchev–Trinajstić information content (AvgIpc) is 2.95.